The van der Waals surface area contributed by atoms with Crippen LogP contribution < -0.4 is 19.5 Å². The molecule has 0 bridgehead atoms. The summed E-state index contributed by atoms with van der Waals surface area (Å²) in [6.07, 6.45) is -2.62. The summed E-state index contributed by atoms with van der Waals surface area (Å²) in [6, 6.07) is 8.25. The van der Waals surface area contributed by atoms with Crippen LogP contribution in [-0.4, -0.2) is 31.1 Å². The third kappa shape index (κ3) is 5.93. The van der Waals surface area contributed by atoms with E-state index >= 15 is 0 Å². The highest BCUT2D eigenvalue weighted by atomic mass is 19.3. The SMILES string of the molecule is COC(=O)CC1CCc2cc(OCc3cc(NC(=O)OC(C)(C)C)cc4c3OC(F)(F)O4)ccc21. The van der Waals surface area contributed by atoms with Gasteiger partial charge in [-0.1, -0.05) is 6.07 Å². The number of benzene rings is 2. The van der Waals surface area contributed by atoms with Crippen LogP contribution >= 0.6 is 0 Å². The average molecular weight is 491 g/mol. The van der Waals surface area contributed by atoms with Crippen molar-refractivity contribution in [3.63, 3.8) is 0 Å². The fourth-order valence-corrected chi connectivity index (χ4v) is 4.15. The molecule has 1 atom stereocenters. The molecule has 8 nitrogen and oxygen atoms in total. The first-order valence-electron chi connectivity index (χ1n) is 11.2. The molecule has 188 valence electrons. The molecule has 2 aliphatic rings. The number of aryl methyl sites for hydroxylation is 1. The number of alkyl halides is 2. The van der Waals surface area contributed by atoms with Crippen molar-refractivity contribution in [2.75, 3.05) is 12.4 Å². The number of fused-ring (bicyclic) bond motifs is 2. The van der Waals surface area contributed by atoms with Crippen LogP contribution in [0.3, 0.4) is 0 Å². The second-order valence-corrected chi connectivity index (χ2v) is 9.42. The van der Waals surface area contributed by atoms with Gasteiger partial charge in [-0.2, -0.15) is 0 Å². The van der Waals surface area contributed by atoms with E-state index in [2.05, 4.69) is 14.8 Å². The Morgan fingerprint density at radius 1 is 1.17 bits per heavy atom. The van der Waals surface area contributed by atoms with E-state index in [1.165, 1.54) is 19.2 Å². The maximum absolute atomic E-state index is 13.8. The topological polar surface area (TPSA) is 92.3 Å². The molecule has 2 aromatic rings. The first kappa shape index (κ1) is 24.6. The second kappa shape index (κ2) is 9.24. The van der Waals surface area contributed by atoms with Gasteiger partial charge in [-0.25, -0.2) is 4.79 Å². The van der Waals surface area contributed by atoms with Gasteiger partial charge in [0.25, 0.3) is 0 Å². The fourth-order valence-electron chi connectivity index (χ4n) is 4.15. The number of hydrogen-bond acceptors (Lipinski definition) is 7. The number of methoxy groups -OCH3 is 1. The van der Waals surface area contributed by atoms with Crippen LogP contribution in [0.15, 0.2) is 30.3 Å². The molecule has 1 amide bonds. The Hall–Kier alpha value is -3.56. The van der Waals surface area contributed by atoms with E-state index in [9.17, 15) is 18.4 Å². The second-order valence-electron chi connectivity index (χ2n) is 9.42. The molecule has 0 radical (unpaired) electrons. The zero-order valence-corrected chi connectivity index (χ0v) is 19.9. The number of hydrogen-bond donors (Lipinski definition) is 1. The van der Waals surface area contributed by atoms with Crippen LogP contribution in [0.1, 0.15) is 56.2 Å². The van der Waals surface area contributed by atoms with Gasteiger partial charge < -0.3 is 23.7 Å². The highest BCUT2D eigenvalue weighted by molar-refractivity contribution is 5.86. The van der Waals surface area contributed by atoms with E-state index in [-0.39, 0.29) is 41.2 Å². The maximum atomic E-state index is 13.8. The Morgan fingerprint density at radius 2 is 1.94 bits per heavy atom. The van der Waals surface area contributed by atoms with Crippen molar-refractivity contribution >= 4 is 17.7 Å². The minimum Gasteiger partial charge on any atom is -0.489 e. The molecule has 1 N–H and O–H groups in total. The highest BCUT2D eigenvalue weighted by Gasteiger charge is 2.45. The van der Waals surface area contributed by atoms with Crippen molar-refractivity contribution in [3.05, 3.63) is 47.0 Å². The van der Waals surface area contributed by atoms with Gasteiger partial charge in [0.2, 0.25) is 0 Å². The summed E-state index contributed by atoms with van der Waals surface area (Å²) in [5.74, 6) is -0.00714. The third-order valence-electron chi connectivity index (χ3n) is 5.58. The van der Waals surface area contributed by atoms with Crippen molar-refractivity contribution in [2.45, 2.75) is 64.5 Å². The summed E-state index contributed by atoms with van der Waals surface area (Å²) in [6.45, 7) is 5.01. The van der Waals surface area contributed by atoms with Gasteiger partial charge in [0, 0.05) is 17.3 Å². The molecule has 1 aliphatic heterocycles. The summed E-state index contributed by atoms with van der Waals surface area (Å²) in [4.78, 5) is 23.8. The van der Waals surface area contributed by atoms with Gasteiger partial charge >= 0.3 is 18.4 Å². The number of amides is 1. The number of rotatable bonds is 6. The van der Waals surface area contributed by atoms with Gasteiger partial charge in [-0.3, -0.25) is 10.1 Å². The lowest BCUT2D eigenvalue weighted by Crippen LogP contribution is -2.27. The van der Waals surface area contributed by atoms with Crippen LogP contribution in [0, 0.1) is 0 Å². The zero-order chi connectivity index (χ0) is 25.4. The smallest absolute Gasteiger partial charge is 0.489 e. The van der Waals surface area contributed by atoms with Crippen LogP contribution in [-0.2, 0) is 27.3 Å². The Morgan fingerprint density at radius 3 is 2.66 bits per heavy atom. The first-order chi connectivity index (χ1) is 16.4. The first-order valence-corrected chi connectivity index (χ1v) is 11.2. The molecule has 4 rings (SSSR count). The normalized spacial score (nSPS) is 17.5. The van der Waals surface area contributed by atoms with E-state index in [1.54, 1.807) is 26.8 Å². The van der Waals surface area contributed by atoms with Crippen molar-refractivity contribution in [1.29, 1.82) is 0 Å². The molecule has 0 aromatic heterocycles. The quantitative estimate of drug-likeness (QED) is 0.532. The van der Waals surface area contributed by atoms with Gasteiger partial charge in [0.15, 0.2) is 11.5 Å². The molecule has 1 aliphatic carbocycles. The van der Waals surface area contributed by atoms with Crippen molar-refractivity contribution < 1.29 is 42.1 Å². The summed E-state index contributed by atoms with van der Waals surface area (Å²) in [7, 11) is 1.37. The van der Waals surface area contributed by atoms with Gasteiger partial charge in [0.1, 0.15) is 18.0 Å². The number of carbonyl (C=O) groups is 2. The predicted molar refractivity (Wildman–Crippen MR) is 121 cm³/mol. The summed E-state index contributed by atoms with van der Waals surface area (Å²) in [5, 5.41) is 2.52. The molecule has 35 heavy (non-hydrogen) atoms. The molecule has 0 spiro atoms. The predicted octanol–water partition coefficient (Wildman–Crippen LogP) is 5.53. The van der Waals surface area contributed by atoms with Crippen LogP contribution in [0.2, 0.25) is 0 Å². The maximum Gasteiger partial charge on any atom is 0.586 e. The number of nitrogens with one attached hydrogen (secondary N) is 1. The van der Waals surface area contributed by atoms with Gasteiger partial charge in [-0.15, -0.1) is 8.78 Å². The van der Waals surface area contributed by atoms with E-state index in [0.29, 0.717) is 12.2 Å². The Labute approximate surface area is 201 Å². The molecular formula is C25H27F2NO7. The van der Waals surface area contributed by atoms with Crippen LogP contribution in [0.4, 0.5) is 19.3 Å². The lowest BCUT2D eigenvalue weighted by molar-refractivity contribution is -0.287. The Kier molecular flexibility index (Phi) is 6.48. The number of halogens is 2. The Balaban J connectivity index is 1.51. The fraction of sp³-hybridized carbons (Fsp3) is 0.440. The zero-order valence-electron chi connectivity index (χ0n) is 19.9. The van der Waals surface area contributed by atoms with E-state index in [0.717, 1.165) is 24.0 Å². The number of esters is 1. The van der Waals surface area contributed by atoms with E-state index in [4.69, 9.17) is 14.2 Å². The molecule has 0 saturated carbocycles. The number of ether oxygens (including phenoxy) is 5. The minimum atomic E-state index is -3.83. The van der Waals surface area contributed by atoms with Crippen LogP contribution in [0.5, 0.6) is 17.2 Å². The molecule has 10 heteroatoms. The van der Waals surface area contributed by atoms with E-state index in [1.807, 2.05) is 12.1 Å². The average Bonchev–Trinajstić information content (AvgIpc) is 3.29. The molecule has 1 unspecified atom stereocenters. The third-order valence-corrected chi connectivity index (χ3v) is 5.58. The molecular weight excluding hydrogens is 464 g/mol. The monoisotopic (exact) mass is 491 g/mol. The molecule has 1 heterocycles. The van der Waals surface area contributed by atoms with Crippen molar-refractivity contribution in [2.24, 2.45) is 0 Å². The lowest BCUT2D eigenvalue weighted by Gasteiger charge is -2.20. The van der Waals surface area contributed by atoms with Gasteiger partial charge in [0.05, 0.1) is 13.5 Å². The van der Waals surface area contributed by atoms with Gasteiger partial charge in [-0.05, 0) is 68.9 Å². The molecule has 0 fully saturated rings. The number of carbonyl (C=O) groups excluding carboxylic acids is 2. The van der Waals surface area contributed by atoms with Crippen LogP contribution in [0.25, 0.3) is 0 Å². The lowest BCUT2D eigenvalue weighted by atomic mass is 9.98. The molecule has 2 aromatic carbocycles. The molecule has 0 saturated heterocycles. The standard InChI is InChI=1S/C25H27F2NO7/c1-24(2,3)35-23(30)28-17-9-16(22-20(12-17)33-25(26,27)34-22)13-32-18-7-8-19-14(10-18)5-6-15(19)11-21(29)31-4/h7-10,12,15H,5-6,11,13H2,1-4H3,(H,28,30). The largest absolute Gasteiger partial charge is 0.586 e. The Bertz CT molecular complexity index is 1140. The van der Waals surface area contributed by atoms with Crippen molar-refractivity contribution in [3.8, 4) is 17.2 Å². The highest BCUT2D eigenvalue weighted by Crippen LogP contribution is 2.46. The van der Waals surface area contributed by atoms with Crippen molar-refractivity contribution in [1.82, 2.24) is 0 Å². The number of anilines is 1. The summed E-state index contributed by atoms with van der Waals surface area (Å²) >= 11 is 0. The summed E-state index contributed by atoms with van der Waals surface area (Å²) < 4.78 is 52.7. The summed E-state index contributed by atoms with van der Waals surface area (Å²) in [5.41, 5.74) is 1.85. The minimum absolute atomic E-state index is 0.0955. The van der Waals surface area contributed by atoms with E-state index < -0.39 is 18.0 Å².